The molecule has 1 fully saturated rings. The molecular weight excluding hydrogens is 380 g/mol. The maximum absolute atomic E-state index is 13.9. The van der Waals surface area contributed by atoms with Crippen LogP contribution in [0.5, 0.6) is 17.2 Å². The van der Waals surface area contributed by atoms with Gasteiger partial charge in [0.25, 0.3) is 0 Å². The second-order valence-corrected chi connectivity index (χ2v) is 8.63. The Labute approximate surface area is 154 Å². The van der Waals surface area contributed by atoms with Crippen molar-refractivity contribution in [1.29, 1.82) is 0 Å². The molecule has 3 heterocycles. The first-order chi connectivity index (χ1) is 12.9. The smallest absolute Gasteiger partial charge is 0.243 e. The van der Waals surface area contributed by atoms with Crippen molar-refractivity contribution in [3.63, 3.8) is 0 Å². The molecular formula is C18H15F2NO5S. The van der Waals surface area contributed by atoms with Crippen molar-refractivity contribution in [3.8, 4) is 17.2 Å². The highest BCUT2D eigenvalue weighted by Crippen LogP contribution is 2.41. The van der Waals surface area contributed by atoms with Gasteiger partial charge in [0, 0.05) is 6.42 Å². The van der Waals surface area contributed by atoms with Gasteiger partial charge in [0.2, 0.25) is 21.5 Å². The molecule has 2 aromatic carbocycles. The van der Waals surface area contributed by atoms with E-state index in [0.29, 0.717) is 18.8 Å². The fraction of sp³-hybridized carbons (Fsp3) is 0.333. The van der Waals surface area contributed by atoms with Crippen LogP contribution in [0.1, 0.15) is 5.56 Å². The molecule has 27 heavy (non-hydrogen) atoms. The predicted octanol–water partition coefficient (Wildman–Crippen LogP) is 2.11. The number of halogens is 2. The summed E-state index contributed by atoms with van der Waals surface area (Å²) in [4.78, 5) is 0.153. The molecule has 1 saturated heterocycles. The summed E-state index contributed by atoms with van der Waals surface area (Å²) >= 11 is 0. The minimum Gasteiger partial charge on any atom is -0.493 e. The average Bonchev–Trinajstić information content (AvgIpc) is 3.29. The lowest BCUT2D eigenvalue weighted by molar-refractivity contribution is 0.0467. The molecule has 0 aliphatic carbocycles. The van der Waals surface area contributed by atoms with E-state index in [1.165, 1.54) is 10.4 Å². The maximum atomic E-state index is 13.9. The van der Waals surface area contributed by atoms with E-state index in [-0.39, 0.29) is 29.5 Å². The Hall–Kier alpha value is -2.39. The van der Waals surface area contributed by atoms with E-state index >= 15 is 0 Å². The third kappa shape index (κ3) is 2.56. The van der Waals surface area contributed by atoms with Gasteiger partial charge in [-0.05, 0) is 35.9 Å². The van der Waals surface area contributed by atoms with Gasteiger partial charge in [-0.25, -0.2) is 17.2 Å². The molecule has 0 spiro atoms. The quantitative estimate of drug-likeness (QED) is 0.779. The van der Waals surface area contributed by atoms with Gasteiger partial charge in [0.15, 0.2) is 23.8 Å². The summed E-state index contributed by atoms with van der Waals surface area (Å²) in [6.45, 7) is 0.524. The van der Waals surface area contributed by atoms with Gasteiger partial charge in [0.1, 0.15) is 5.75 Å². The molecule has 3 aliphatic rings. The molecule has 142 valence electrons. The lowest BCUT2D eigenvalue weighted by atomic mass is 10.2. The third-order valence-electron chi connectivity index (χ3n) is 5.04. The Morgan fingerprint density at radius 1 is 0.963 bits per heavy atom. The van der Waals surface area contributed by atoms with Crippen LogP contribution in [0, 0.1) is 11.6 Å². The fourth-order valence-corrected chi connectivity index (χ4v) is 5.16. The number of fused-ring (bicyclic) bond motifs is 3. The summed E-state index contributed by atoms with van der Waals surface area (Å²) in [5.41, 5.74) is 0.844. The van der Waals surface area contributed by atoms with Gasteiger partial charge >= 0.3 is 0 Å². The normalized spacial score (nSPS) is 23.6. The predicted molar refractivity (Wildman–Crippen MR) is 89.6 cm³/mol. The second-order valence-electron chi connectivity index (χ2n) is 6.69. The molecule has 0 bridgehead atoms. The molecule has 0 amide bonds. The van der Waals surface area contributed by atoms with E-state index in [1.807, 2.05) is 0 Å². The minimum absolute atomic E-state index is 0.00399. The van der Waals surface area contributed by atoms with Crippen molar-refractivity contribution in [3.05, 3.63) is 47.5 Å². The Morgan fingerprint density at radius 3 is 2.22 bits per heavy atom. The zero-order valence-electron chi connectivity index (χ0n) is 14.0. The highest BCUT2D eigenvalue weighted by molar-refractivity contribution is 7.89. The van der Waals surface area contributed by atoms with Gasteiger partial charge in [-0.15, -0.1) is 0 Å². The number of sulfonamides is 1. The van der Waals surface area contributed by atoms with E-state index < -0.39 is 33.9 Å². The van der Waals surface area contributed by atoms with Crippen molar-refractivity contribution >= 4 is 10.0 Å². The van der Waals surface area contributed by atoms with Gasteiger partial charge in [-0.2, -0.15) is 4.31 Å². The number of rotatable bonds is 2. The zero-order chi connectivity index (χ0) is 18.8. The van der Waals surface area contributed by atoms with Crippen LogP contribution in [0.25, 0.3) is 0 Å². The molecule has 6 nitrogen and oxygen atoms in total. The van der Waals surface area contributed by atoms with Crippen molar-refractivity contribution in [1.82, 2.24) is 4.31 Å². The van der Waals surface area contributed by atoms with E-state index in [0.717, 1.165) is 17.7 Å². The van der Waals surface area contributed by atoms with Crippen molar-refractivity contribution in [2.75, 3.05) is 19.7 Å². The van der Waals surface area contributed by atoms with Crippen molar-refractivity contribution in [2.24, 2.45) is 0 Å². The second kappa shape index (κ2) is 5.80. The van der Waals surface area contributed by atoms with Crippen molar-refractivity contribution in [2.45, 2.75) is 23.5 Å². The highest BCUT2D eigenvalue weighted by Gasteiger charge is 2.46. The van der Waals surface area contributed by atoms with Gasteiger partial charge in [-0.3, -0.25) is 0 Å². The van der Waals surface area contributed by atoms with Crippen LogP contribution in [0.4, 0.5) is 8.78 Å². The molecule has 0 unspecified atom stereocenters. The number of ether oxygens (including phenoxy) is 3. The standard InChI is InChI=1S/C18H15F2NO5S/c19-12-2-3-13(20)18-17(12)25-15-8-21(9-16(15)26-18)27(22,23)11-1-4-14-10(7-11)5-6-24-14/h1-4,7,15-16H,5-6,8-9H2/t15-,16+. The minimum atomic E-state index is -3.80. The molecule has 9 heteroatoms. The van der Waals surface area contributed by atoms with E-state index in [1.54, 1.807) is 12.1 Å². The summed E-state index contributed by atoms with van der Waals surface area (Å²) in [5, 5.41) is 0. The fourth-order valence-electron chi connectivity index (χ4n) is 3.64. The molecule has 0 N–H and O–H groups in total. The van der Waals surface area contributed by atoms with E-state index in [9.17, 15) is 17.2 Å². The maximum Gasteiger partial charge on any atom is 0.243 e. The molecule has 5 rings (SSSR count). The third-order valence-corrected chi connectivity index (χ3v) is 6.86. The number of hydrogen-bond acceptors (Lipinski definition) is 5. The first-order valence-electron chi connectivity index (χ1n) is 8.51. The SMILES string of the molecule is O=S(=O)(c1ccc2c(c1)CCO2)N1C[C@@H]2Oc3c(F)ccc(F)c3O[C@@H]2C1. The van der Waals surface area contributed by atoms with Gasteiger partial charge in [0.05, 0.1) is 24.6 Å². The summed E-state index contributed by atoms with van der Waals surface area (Å²) in [6, 6.07) is 6.65. The van der Waals surface area contributed by atoms with Crippen LogP contribution in [0.15, 0.2) is 35.2 Å². The van der Waals surface area contributed by atoms with Crippen LogP contribution >= 0.6 is 0 Å². The summed E-state index contributed by atoms with van der Waals surface area (Å²) in [7, 11) is -3.80. The first-order valence-corrected chi connectivity index (χ1v) is 9.95. The summed E-state index contributed by atoms with van der Waals surface area (Å²) < 4.78 is 71.6. The Balaban J connectivity index is 1.43. The average molecular weight is 395 g/mol. The molecule has 2 atom stereocenters. The Bertz CT molecular complexity index is 1000. The van der Waals surface area contributed by atoms with Gasteiger partial charge in [-0.1, -0.05) is 0 Å². The summed E-state index contributed by atoms with van der Waals surface area (Å²) in [6.07, 6.45) is -0.757. The lowest BCUT2D eigenvalue weighted by Gasteiger charge is -2.28. The van der Waals surface area contributed by atoms with Crippen LogP contribution < -0.4 is 14.2 Å². The molecule has 3 aliphatic heterocycles. The van der Waals surface area contributed by atoms with Crippen LogP contribution in [-0.2, 0) is 16.4 Å². The molecule has 2 aromatic rings. The Morgan fingerprint density at radius 2 is 1.59 bits per heavy atom. The van der Waals surface area contributed by atoms with Crippen LogP contribution in [0.3, 0.4) is 0 Å². The Kier molecular flexibility index (Phi) is 3.60. The van der Waals surface area contributed by atoms with E-state index in [4.69, 9.17) is 14.2 Å². The van der Waals surface area contributed by atoms with E-state index in [2.05, 4.69) is 0 Å². The zero-order valence-corrected chi connectivity index (χ0v) is 14.8. The first kappa shape index (κ1) is 16.8. The number of hydrogen-bond donors (Lipinski definition) is 0. The highest BCUT2D eigenvalue weighted by atomic mass is 32.2. The summed E-state index contributed by atoms with van der Waals surface area (Å²) in [5.74, 6) is -1.43. The molecule has 0 radical (unpaired) electrons. The lowest BCUT2D eigenvalue weighted by Crippen LogP contribution is -2.39. The number of nitrogens with zero attached hydrogens (tertiary/aromatic N) is 1. The van der Waals surface area contributed by atoms with Crippen molar-refractivity contribution < 1.29 is 31.4 Å². The topological polar surface area (TPSA) is 65.1 Å². The largest absolute Gasteiger partial charge is 0.493 e. The van der Waals surface area contributed by atoms with Crippen LogP contribution in [0.2, 0.25) is 0 Å². The van der Waals surface area contributed by atoms with Gasteiger partial charge < -0.3 is 14.2 Å². The molecule has 0 saturated carbocycles. The molecule has 0 aromatic heterocycles. The van der Waals surface area contributed by atoms with Crippen LogP contribution in [-0.4, -0.2) is 44.6 Å². The number of benzene rings is 2. The monoisotopic (exact) mass is 395 g/mol.